The molecule has 2 unspecified atom stereocenters. The Kier molecular flexibility index (Phi) is 77.4. The van der Waals surface area contributed by atoms with Gasteiger partial charge in [0.05, 0.1) is 40.3 Å². The Bertz CT molecular complexity index is 2130. The second-order valence-corrected chi connectivity index (χ2v) is 29.4. The van der Waals surface area contributed by atoms with Crippen molar-refractivity contribution in [2.45, 2.75) is 386 Å². The number of esters is 2. The molecule has 0 aromatic carbocycles. The molecule has 580 valence electrons. The van der Waals surface area contributed by atoms with Gasteiger partial charge in [0.25, 0.3) is 0 Å². The van der Waals surface area contributed by atoms with Crippen LogP contribution in [0.1, 0.15) is 373 Å². The molecule has 101 heavy (non-hydrogen) atoms. The molecule has 9 nitrogen and oxygen atoms in total. The van der Waals surface area contributed by atoms with Gasteiger partial charge in [-0.25, -0.2) is 0 Å². The second kappa shape index (κ2) is 81.1. The van der Waals surface area contributed by atoms with E-state index in [9.17, 15) is 19.5 Å². The van der Waals surface area contributed by atoms with E-state index < -0.39 is 24.3 Å². The normalized spacial score (nSPS) is 13.3. The first-order valence-electron chi connectivity index (χ1n) is 42.3. The van der Waals surface area contributed by atoms with Crippen LogP contribution in [0.15, 0.2) is 134 Å². The van der Waals surface area contributed by atoms with Crippen LogP contribution in [0.5, 0.6) is 0 Å². The van der Waals surface area contributed by atoms with Gasteiger partial charge in [-0.05, 0) is 116 Å². The van der Waals surface area contributed by atoms with Gasteiger partial charge in [0.2, 0.25) is 0 Å². The smallest absolute Gasteiger partial charge is 0.306 e. The molecule has 0 aliphatic heterocycles. The minimum atomic E-state index is -1.63. The number of hydrogen-bond donors (Lipinski definition) is 0. The van der Waals surface area contributed by atoms with Crippen molar-refractivity contribution in [2.75, 3.05) is 47.5 Å². The Morgan fingerprint density at radius 2 is 0.564 bits per heavy atom. The molecule has 0 N–H and O–H groups in total. The van der Waals surface area contributed by atoms with Crippen LogP contribution in [0.4, 0.5) is 0 Å². The average molecular weight is 1410 g/mol. The number of carboxylic acids is 1. The summed E-state index contributed by atoms with van der Waals surface area (Å²) < 4.78 is 22.9. The fourth-order valence-electron chi connectivity index (χ4n) is 12.0. The average Bonchev–Trinajstić information content (AvgIpc) is 1.25. The number of quaternary nitrogens is 1. The highest BCUT2D eigenvalue weighted by molar-refractivity contribution is 5.70. The van der Waals surface area contributed by atoms with Gasteiger partial charge in [-0.2, -0.15) is 0 Å². The third-order valence-electron chi connectivity index (χ3n) is 18.4. The molecule has 0 aliphatic rings. The topological polar surface area (TPSA) is 111 Å². The summed E-state index contributed by atoms with van der Waals surface area (Å²) in [5.41, 5.74) is 0. The van der Waals surface area contributed by atoms with Crippen molar-refractivity contribution in [3.63, 3.8) is 0 Å². The fourth-order valence-corrected chi connectivity index (χ4v) is 12.0. The summed E-state index contributed by atoms with van der Waals surface area (Å²) >= 11 is 0. The monoisotopic (exact) mass is 1410 g/mol. The van der Waals surface area contributed by atoms with Crippen molar-refractivity contribution in [3.05, 3.63) is 134 Å². The van der Waals surface area contributed by atoms with E-state index in [1.807, 2.05) is 21.1 Å². The van der Waals surface area contributed by atoms with Crippen molar-refractivity contribution in [2.24, 2.45) is 0 Å². The number of allylic oxidation sites excluding steroid dienone is 22. The van der Waals surface area contributed by atoms with Crippen molar-refractivity contribution in [3.8, 4) is 0 Å². The number of likely N-dealkylation sites (N-methyl/N-ethyl adjacent to an activating group) is 1. The first-order chi connectivity index (χ1) is 49.6. The summed E-state index contributed by atoms with van der Waals surface area (Å²) in [4.78, 5) is 37.7. The van der Waals surface area contributed by atoms with Crippen LogP contribution in [-0.4, -0.2) is 82.3 Å². The molecule has 0 heterocycles. The third kappa shape index (κ3) is 82.6. The summed E-state index contributed by atoms with van der Waals surface area (Å²) in [5.74, 6) is -2.28. The van der Waals surface area contributed by atoms with Crippen molar-refractivity contribution >= 4 is 17.9 Å². The summed E-state index contributed by atoms with van der Waals surface area (Å²) in [5, 5.41) is 11.9. The standard InChI is InChI=1S/C92H159NO8/c1-6-8-10-12-14-16-18-20-22-24-26-28-30-32-34-36-38-40-42-43-44-45-46-47-49-50-52-54-56-58-60-62-64-66-68-70-72-74-76-78-80-82-89(94)99-86-88(87-100-92(91(96)97)98-85-84-93(3,4)5)101-90(95)83-81-79-77-75-73-71-69-67-65-63-61-59-57-55-53-51-48-41-39-37-35-33-31-29-27-25-23-21-19-17-15-13-11-9-7-2/h9,11,15,17-18,20-21,23-24,26-27,29-30,32-33,35,39,41,51,53,57,59,88,92H,6-8,10,12-14,16,19,22,25,28,31,34,36-38,40,42-50,52,54-56,58,60-87H2,1-5H3/b11-9-,17-15-,20-18-,23-21-,26-24-,29-27-,32-30-,35-33-,41-39-,53-51-,59-57-. The Hall–Kier alpha value is -4.57. The van der Waals surface area contributed by atoms with Crippen LogP contribution in [-0.2, 0) is 33.3 Å². The van der Waals surface area contributed by atoms with E-state index in [0.29, 0.717) is 17.4 Å². The van der Waals surface area contributed by atoms with E-state index in [4.69, 9.17) is 18.9 Å². The minimum absolute atomic E-state index is 0.143. The first kappa shape index (κ1) is 96.4. The number of carboxylic acid groups (broad SMARTS) is 1. The summed E-state index contributed by atoms with van der Waals surface area (Å²) in [6.45, 7) is 4.65. The summed E-state index contributed by atoms with van der Waals surface area (Å²) in [7, 11) is 5.94. The molecule has 0 rings (SSSR count). The highest BCUT2D eigenvalue weighted by Gasteiger charge is 2.22. The zero-order valence-corrected chi connectivity index (χ0v) is 66.5. The number of nitrogens with zero attached hydrogens (tertiary/aromatic N) is 1. The lowest BCUT2D eigenvalue weighted by atomic mass is 10.0. The lowest BCUT2D eigenvalue weighted by Gasteiger charge is -2.26. The molecule has 0 aliphatic carbocycles. The number of carbonyl (C=O) groups is 3. The molecule has 0 saturated carbocycles. The zero-order valence-electron chi connectivity index (χ0n) is 66.5. The van der Waals surface area contributed by atoms with E-state index in [1.54, 1.807) is 0 Å². The third-order valence-corrected chi connectivity index (χ3v) is 18.4. The van der Waals surface area contributed by atoms with Crippen LogP contribution in [0.3, 0.4) is 0 Å². The van der Waals surface area contributed by atoms with E-state index in [-0.39, 0.29) is 38.6 Å². The minimum Gasteiger partial charge on any atom is -0.545 e. The molecule has 0 radical (unpaired) electrons. The van der Waals surface area contributed by atoms with E-state index in [1.165, 1.54) is 231 Å². The molecule has 0 aromatic rings. The van der Waals surface area contributed by atoms with Gasteiger partial charge in [-0.15, -0.1) is 0 Å². The molecule has 0 fully saturated rings. The number of carbonyl (C=O) groups excluding carboxylic acids is 3. The van der Waals surface area contributed by atoms with E-state index in [2.05, 4.69) is 148 Å². The molecule has 0 amide bonds. The molecule has 9 heteroatoms. The van der Waals surface area contributed by atoms with E-state index in [0.717, 1.165) is 109 Å². The number of rotatable bonds is 78. The van der Waals surface area contributed by atoms with Crippen LogP contribution in [0.2, 0.25) is 0 Å². The van der Waals surface area contributed by atoms with Gasteiger partial charge in [-0.3, -0.25) is 9.59 Å². The molecule has 2 atom stereocenters. The van der Waals surface area contributed by atoms with Gasteiger partial charge in [0.1, 0.15) is 13.2 Å². The van der Waals surface area contributed by atoms with Crippen molar-refractivity contribution in [1.29, 1.82) is 0 Å². The highest BCUT2D eigenvalue weighted by atomic mass is 16.7. The Labute approximate surface area is 624 Å². The van der Waals surface area contributed by atoms with Gasteiger partial charge >= 0.3 is 11.9 Å². The quantitative estimate of drug-likeness (QED) is 0.0195. The predicted molar refractivity (Wildman–Crippen MR) is 435 cm³/mol. The lowest BCUT2D eigenvalue weighted by molar-refractivity contribution is -0.870. The highest BCUT2D eigenvalue weighted by Crippen LogP contribution is 2.19. The number of unbranched alkanes of at least 4 members (excludes halogenated alkanes) is 41. The van der Waals surface area contributed by atoms with Gasteiger partial charge in [-0.1, -0.05) is 379 Å². The SMILES string of the molecule is CC/C=C\C/C=C\C/C=C\C/C=C\C/C=C\C/C=C\C/C=C\C/C=C\CCCCCCCCCCCCC(=O)OC(COC(=O)CCCCCCCCCCCCCCCCCCCCCCCCCCCC/C=C\C/C=C\C/C=C\CCCCCCC)COC(OCC[N+](C)(C)C)C(=O)[O-]. The van der Waals surface area contributed by atoms with Crippen molar-refractivity contribution < 1.29 is 42.9 Å². The molecular weight excluding hydrogens is 1250 g/mol. The van der Waals surface area contributed by atoms with Gasteiger partial charge < -0.3 is 33.3 Å². The van der Waals surface area contributed by atoms with E-state index >= 15 is 0 Å². The lowest BCUT2D eigenvalue weighted by Crippen LogP contribution is -2.44. The van der Waals surface area contributed by atoms with Crippen LogP contribution in [0.25, 0.3) is 0 Å². The predicted octanol–water partition coefficient (Wildman–Crippen LogP) is 26.3. The van der Waals surface area contributed by atoms with Crippen LogP contribution < -0.4 is 5.11 Å². The second-order valence-electron chi connectivity index (χ2n) is 29.4. The molecular formula is C92H159NO8. The Balaban J connectivity index is 4.00. The van der Waals surface area contributed by atoms with Gasteiger partial charge in [0, 0.05) is 12.8 Å². The molecule has 0 spiro atoms. The fraction of sp³-hybridized carbons (Fsp3) is 0.728. The maximum atomic E-state index is 13.0. The molecule has 0 saturated heterocycles. The number of hydrogen-bond acceptors (Lipinski definition) is 8. The largest absolute Gasteiger partial charge is 0.545 e. The maximum absolute atomic E-state index is 13.0. The summed E-state index contributed by atoms with van der Waals surface area (Å²) in [6.07, 6.45) is 114. The Morgan fingerprint density at radius 3 is 0.842 bits per heavy atom. The summed E-state index contributed by atoms with van der Waals surface area (Å²) in [6, 6.07) is 0. The zero-order chi connectivity index (χ0) is 73.2. The Morgan fingerprint density at radius 1 is 0.307 bits per heavy atom. The van der Waals surface area contributed by atoms with Crippen LogP contribution in [0, 0.1) is 0 Å². The number of ether oxygens (including phenoxy) is 4. The van der Waals surface area contributed by atoms with Crippen molar-refractivity contribution in [1.82, 2.24) is 0 Å². The molecule has 0 aromatic heterocycles. The maximum Gasteiger partial charge on any atom is 0.306 e. The van der Waals surface area contributed by atoms with Gasteiger partial charge in [0.15, 0.2) is 12.4 Å². The molecule has 0 bridgehead atoms. The van der Waals surface area contributed by atoms with Crippen LogP contribution >= 0.6 is 0 Å². The number of aliphatic carboxylic acids is 1. The first-order valence-corrected chi connectivity index (χ1v) is 42.3.